The maximum Gasteiger partial charge on any atom is 0.332 e. The number of nitrogens with zero attached hydrogens (tertiary/aromatic N) is 4. The van der Waals surface area contributed by atoms with Crippen LogP contribution in [0.4, 0.5) is 5.69 Å². The van der Waals surface area contributed by atoms with Gasteiger partial charge in [-0.05, 0) is 25.5 Å². The number of benzene rings is 1. The van der Waals surface area contributed by atoms with E-state index >= 15 is 0 Å². The predicted molar refractivity (Wildman–Crippen MR) is 99.4 cm³/mol. The minimum Gasteiger partial charge on any atom is -0.326 e. The lowest BCUT2D eigenvalue weighted by molar-refractivity contribution is -0.116. The number of rotatable bonds is 4. The van der Waals surface area contributed by atoms with E-state index in [1.165, 1.54) is 17.9 Å². The van der Waals surface area contributed by atoms with Crippen molar-refractivity contribution in [2.45, 2.75) is 26.8 Å². The molecule has 0 radical (unpaired) electrons. The first-order valence-electron chi connectivity index (χ1n) is 8.27. The standard InChI is InChI=1S/C18H21N5O3/c1-11-5-6-13(12(2)9-11)20-14(24)7-8-23-10-19-16-15(23)17(25)22(4)18(26)21(16)3/h5-6,9-10H,7-8H2,1-4H3,(H,20,24). The molecule has 8 nitrogen and oxygen atoms in total. The van der Waals surface area contributed by atoms with Gasteiger partial charge in [-0.2, -0.15) is 0 Å². The van der Waals surface area contributed by atoms with Crippen LogP contribution < -0.4 is 16.6 Å². The molecule has 1 aromatic carbocycles. The second kappa shape index (κ2) is 6.62. The van der Waals surface area contributed by atoms with Gasteiger partial charge >= 0.3 is 5.69 Å². The molecule has 0 saturated carbocycles. The summed E-state index contributed by atoms with van der Waals surface area (Å²) in [5.41, 5.74) is 2.68. The van der Waals surface area contributed by atoms with Gasteiger partial charge in [0.25, 0.3) is 5.56 Å². The molecule has 3 rings (SSSR count). The zero-order valence-electron chi connectivity index (χ0n) is 15.2. The van der Waals surface area contributed by atoms with Crippen LogP contribution in [0.15, 0.2) is 34.1 Å². The highest BCUT2D eigenvalue weighted by Crippen LogP contribution is 2.16. The molecule has 0 aliphatic carbocycles. The molecule has 0 bridgehead atoms. The summed E-state index contributed by atoms with van der Waals surface area (Å²) in [6, 6.07) is 5.82. The molecule has 0 fully saturated rings. The Morgan fingerprint density at radius 1 is 1.15 bits per heavy atom. The molecule has 0 atom stereocenters. The van der Waals surface area contributed by atoms with Gasteiger partial charge in [0.15, 0.2) is 11.2 Å². The summed E-state index contributed by atoms with van der Waals surface area (Å²) in [5, 5.41) is 2.88. The van der Waals surface area contributed by atoms with E-state index in [4.69, 9.17) is 0 Å². The minimum absolute atomic E-state index is 0.152. The Kier molecular flexibility index (Phi) is 4.50. The van der Waals surface area contributed by atoms with Crippen molar-refractivity contribution < 1.29 is 4.79 Å². The SMILES string of the molecule is Cc1ccc(NC(=O)CCn2cnc3c2c(=O)n(C)c(=O)n3C)c(C)c1. The fourth-order valence-corrected chi connectivity index (χ4v) is 2.96. The molecule has 136 valence electrons. The maximum atomic E-state index is 12.4. The van der Waals surface area contributed by atoms with Gasteiger partial charge in [0, 0.05) is 32.7 Å². The van der Waals surface area contributed by atoms with Gasteiger partial charge < -0.3 is 9.88 Å². The number of carbonyl (C=O) groups is 1. The predicted octanol–water partition coefficient (Wildman–Crippen LogP) is 1.08. The number of carbonyl (C=O) groups excluding carboxylic acids is 1. The topological polar surface area (TPSA) is 90.9 Å². The first kappa shape index (κ1) is 17.7. The Labute approximate surface area is 149 Å². The molecule has 0 aliphatic heterocycles. The lowest BCUT2D eigenvalue weighted by Gasteiger charge is -2.10. The Morgan fingerprint density at radius 3 is 2.58 bits per heavy atom. The summed E-state index contributed by atoms with van der Waals surface area (Å²) in [5.74, 6) is -0.152. The van der Waals surface area contributed by atoms with Gasteiger partial charge in [0.1, 0.15) is 0 Å². The van der Waals surface area contributed by atoms with Crippen LogP contribution in [0, 0.1) is 13.8 Å². The van der Waals surface area contributed by atoms with E-state index < -0.39 is 11.2 Å². The highest BCUT2D eigenvalue weighted by Gasteiger charge is 2.15. The number of anilines is 1. The normalized spacial score (nSPS) is 11.1. The molecular weight excluding hydrogens is 334 g/mol. The number of hydrogen-bond donors (Lipinski definition) is 1. The van der Waals surface area contributed by atoms with E-state index in [1.54, 1.807) is 11.6 Å². The van der Waals surface area contributed by atoms with E-state index in [9.17, 15) is 14.4 Å². The molecule has 26 heavy (non-hydrogen) atoms. The number of aromatic nitrogens is 4. The smallest absolute Gasteiger partial charge is 0.326 e. The molecule has 8 heteroatoms. The van der Waals surface area contributed by atoms with Gasteiger partial charge in [0.2, 0.25) is 5.91 Å². The quantitative estimate of drug-likeness (QED) is 0.758. The first-order chi connectivity index (χ1) is 12.3. The van der Waals surface area contributed by atoms with Crippen molar-refractivity contribution in [2.75, 3.05) is 5.32 Å². The fraction of sp³-hybridized carbons (Fsp3) is 0.333. The number of imidazole rings is 1. The molecule has 0 saturated heterocycles. The summed E-state index contributed by atoms with van der Waals surface area (Å²) < 4.78 is 3.97. The molecule has 3 aromatic rings. The summed E-state index contributed by atoms with van der Waals surface area (Å²) in [6.07, 6.45) is 1.67. The van der Waals surface area contributed by atoms with Crippen molar-refractivity contribution in [3.63, 3.8) is 0 Å². The van der Waals surface area contributed by atoms with Crippen molar-refractivity contribution in [3.05, 3.63) is 56.5 Å². The molecule has 2 aromatic heterocycles. The molecule has 1 amide bonds. The van der Waals surface area contributed by atoms with Crippen LogP contribution >= 0.6 is 0 Å². The van der Waals surface area contributed by atoms with Crippen LogP contribution in [-0.2, 0) is 25.4 Å². The van der Waals surface area contributed by atoms with E-state index in [1.807, 2.05) is 32.0 Å². The van der Waals surface area contributed by atoms with Gasteiger partial charge in [-0.3, -0.25) is 18.7 Å². The Bertz CT molecular complexity index is 1120. The van der Waals surface area contributed by atoms with Crippen LogP contribution in [-0.4, -0.2) is 24.6 Å². The third-order valence-corrected chi connectivity index (χ3v) is 4.45. The second-order valence-corrected chi connectivity index (χ2v) is 6.43. The van der Waals surface area contributed by atoms with Crippen LogP contribution in [0.25, 0.3) is 11.2 Å². The third kappa shape index (κ3) is 3.05. The summed E-state index contributed by atoms with van der Waals surface area (Å²) in [7, 11) is 2.99. The molecular formula is C18H21N5O3. The molecule has 1 N–H and O–H groups in total. The van der Waals surface area contributed by atoms with Gasteiger partial charge in [-0.15, -0.1) is 0 Å². The number of hydrogen-bond acceptors (Lipinski definition) is 4. The number of nitrogens with one attached hydrogen (secondary N) is 1. The van der Waals surface area contributed by atoms with Crippen molar-refractivity contribution in [1.82, 2.24) is 18.7 Å². The van der Waals surface area contributed by atoms with Crippen LogP contribution in [0.5, 0.6) is 0 Å². The zero-order valence-corrected chi connectivity index (χ0v) is 15.2. The van der Waals surface area contributed by atoms with Crippen molar-refractivity contribution in [1.29, 1.82) is 0 Å². The van der Waals surface area contributed by atoms with E-state index in [0.29, 0.717) is 17.7 Å². The molecule has 2 heterocycles. The van der Waals surface area contributed by atoms with Crippen LogP contribution in [0.1, 0.15) is 17.5 Å². The first-order valence-corrected chi connectivity index (χ1v) is 8.27. The van der Waals surface area contributed by atoms with Crippen molar-refractivity contribution in [3.8, 4) is 0 Å². The zero-order chi connectivity index (χ0) is 19.0. The average Bonchev–Trinajstić information content (AvgIpc) is 3.03. The minimum atomic E-state index is -0.430. The molecule has 0 unspecified atom stereocenters. The molecule has 0 aliphatic rings. The van der Waals surface area contributed by atoms with E-state index in [0.717, 1.165) is 21.4 Å². The summed E-state index contributed by atoms with van der Waals surface area (Å²) >= 11 is 0. The Balaban J connectivity index is 1.81. The monoisotopic (exact) mass is 355 g/mol. The highest BCUT2D eigenvalue weighted by molar-refractivity contribution is 5.91. The number of aryl methyl sites for hydroxylation is 4. The summed E-state index contributed by atoms with van der Waals surface area (Å²) in [4.78, 5) is 40.8. The van der Waals surface area contributed by atoms with Crippen molar-refractivity contribution >= 4 is 22.8 Å². The lowest BCUT2D eigenvalue weighted by Crippen LogP contribution is -2.37. The Morgan fingerprint density at radius 2 is 1.88 bits per heavy atom. The van der Waals surface area contributed by atoms with E-state index in [2.05, 4.69) is 10.3 Å². The third-order valence-electron chi connectivity index (χ3n) is 4.45. The Hall–Kier alpha value is -3.16. The fourth-order valence-electron chi connectivity index (χ4n) is 2.96. The maximum absolute atomic E-state index is 12.4. The van der Waals surface area contributed by atoms with Gasteiger partial charge in [-0.1, -0.05) is 17.7 Å². The largest absolute Gasteiger partial charge is 0.332 e. The van der Waals surface area contributed by atoms with Gasteiger partial charge in [-0.25, -0.2) is 9.78 Å². The van der Waals surface area contributed by atoms with Crippen molar-refractivity contribution in [2.24, 2.45) is 14.1 Å². The van der Waals surface area contributed by atoms with E-state index in [-0.39, 0.29) is 12.3 Å². The summed E-state index contributed by atoms with van der Waals surface area (Å²) in [6.45, 7) is 4.23. The van der Waals surface area contributed by atoms with Gasteiger partial charge in [0.05, 0.1) is 6.33 Å². The second-order valence-electron chi connectivity index (χ2n) is 6.43. The molecule has 0 spiro atoms. The highest BCUT2D eigenvalue weighted by atomic mass is 16.2. The average molecular weight is 355 g/mol. The van der Waals surface area contributed by atoms with Crippen LogP contribution in [0.3, 0.4) is 0 Å². The lowest BCUT2D eigenvalue weighted by atomic mass is 10.1. The van der Waals surface area contributed by atoms with Crippen LogP contribution in [0.2, 0.25) is 0 Å². The number of fused-ring (bicyclic) bond motifs is 1. The number of amides is 1.